The zero-order valence-corrected chi connectivity index (χ0v) is 9.98. The summed E-state index contributed by atoms with van der Waals surface area (Å²) in [6, 6.07) is -0.581. The van der Waals surface area contributed by atoms with Gasteiger partial charge < -0.3 is 15.8 Å². The highest BCUT2D eigenvalue weighted by Crippen LogP contribution is 2.13. The first-order chi connectivity index (χ1) is 8.15. The van der Waals surface area contributed by atoms with Crippen molar-refractivity contribution >= 4 is 11.8 Å². The second-order valence-electron chi connectivity index (χ2n) is 4.24. The number of hydrogen-bond acceptors (Lipinski definition) is 3. The fourth-order valence-corrected chi connectivity index (χ4v) is 1.78. The Labute approximate surface area is 101 Å². The summed E-state index contributed by atoms with van der Waals surface area (Å²) in [5.74, 6) is -0.762. The lowest BCUT2D eigenvalue weighted by Crippen LogP contribution is -2.46. The highest BCUT2D eigenvalue weighted by atomic mass is 16.5. The van der Waals surface area contributed by atoms with Crippen molar-refractivity contribution in [2.24, 2.45) is 11.7 Å². The van der Waals surface area contributed by atoms with Gasteiger partial charge in [-0.05, 0) is 25.7 Å². The number of amides is 2. The van der Waals surface area contributed by atoms with Gasteiger partial charge in [-0.15, -0.1) is 6.58 Å². The number of ether oxygens (including phenoxy) is 1. The van der Waals surface area contributed by atoms with Gasteiger partial charge in [0.1, 0.15) is 6.04 Å². The van der Waals surface area contributed by atoms with Crippen molar-refractivity contribution in [2.75, 3.05) is 13.2 Å². The molecule has 1 saturated heterocycles. The van der Waals surface area contributed by atoms with Crippen LogP contribution in [0.4, 0.5) is 0 Å². The number of allylic oxidation sites excluding steroid dienone is 1. The molecule has 0 spiro atoms. The molecule has 1 fully saturated rings. The number of carbonyl (C=O) groups excluding carboxylic acids is 2. The molecule has 0 aromatic heterocycles. The number of nitrogens with two attached hydrogens (primary N) is 1. The molecular weight excluding hydrogens is 220 g/mol. The van der Waals surface area contributed by atoms with E-state index in [9.17, 15) is 9.59 Å². The maximum Gasteiger partial charge on any atom is 0.239 e. The molecule has 2 atom stereocenters. The van der Waals surface area contributed by atoms with Gasteiger partial charge in [-0.2, -0.15) is 0 Å². The van der Waals surface area contributed by atoms with E-state index in [4.69, 9.17) is 10.5 Å². The Hall–Kier alpha value is -1.36. The van der Waals surface area contributed by atoms with E-state index in [1.54, 1.807) is 6.08 Å². The van der Waals surface area contributed by atoms with E-state index >= 15 is 0 Å². The van der Waals surface area contributed by atoms with E-state index in [-0.39, 0.29) is 11.8 Å². The number of nitrogens with one attached hydrogen (secondary N) is 1. The fraction of sp³-hybridized carbons (Fsp3) is 0.667. The van der Waals surface area contributed by atoms with Gasteiger partial charge >= 0.3 is 0 Å². The summed E-state index contributed by atoms with van der Waals surface area (Å²) in [6.07, 6.45) is 4.65. The predicted octanol–water partition coefficient (Wildman–Crippen LogP) is 0.349. The highest BCUT2D eigenvalue weighted by molar-refractivity contribution is 5.87. The standard InChI is InChI=1S/C12H20N2O3/c1-2-3-4-5-10(11(13)15)14-12(16)9-6-7-17-8-9/h2,9-10H,1,3-8H2,(H2,13,15)(H,14,16)/t9-,10+/m0/s1. The molecule has 17 heavy (non-hydrogen) atoms. The van der Waals surface area contributed by atoms with Gasteiger partial charge in [0.15, 0.2) is 0 Å². The van der Waals surface area contributed by atoms with Gasteiger partial charge in [0.25, 0.3) is 0 Å². The van der Waals surface area contributed by atoms with E-state index in [1.165, 1.54) is 0 Å². The third-order valence-corrected chi connectivity index (χ3v) is 2.86. The second-order valence-corrected chi connectivity index (χ2v) is 4.24. The highest BCUT2D eigenvalue weighted by Gasteiger charge is 2.26. The zero-order chi connectivity index (χ0) is 12.7. The Balaban J connectivity index is 2.39. The Morgan fingerprint density at radius 1 is 1.59 bits per heavy atom. The van der Waals surface area contributed by atoms with Crippen LogP contribution in [-0.4, -0.2) is 31.1 Å². The summed E-state index contributed by atoms with van der Waals surface area (Å²) in [6.45, 7) is 4.65. The van der Waals surface area contributed by atoms with Crippen LogP contribution in [0.15, 0.2) is 12.7 Å². The summed E-state index contributed by atoms with van der Waals surface area (Å²) in [5, 5.41) is 2.69. The molecule has 1 rings (SSSR count). The molecule has 1 aliphatic heterocycles. The van der Waals surface area contributed by atoms with Crippen molar-refractivity contribution in [3.63, 3.8) is 0 Å². The first-order valence-corrected chi connectivity index (χ1v) is 5.93. The number of unbranched alkanes of at least 4 members (excludes halogenated alkanes) is 1. The molecule has 1 aliphatic rings. The second kappa shape index (κ2) is 7.06. The summed E-state index contributed by atoms with van der Waals surface area (Å²) in [4.78, 5) is 23.0. The summed E-state index contributed by atoms with van der Waals surface area (Å²) in [7, 11) is 0. The average Bonchev–Trinajstić information content (AvgIpc) is 2.81. The molecule has 5 heteroatoms. The smallest absolute Gasteiger partial charge is 0.239 e. The monoisotopic (exact) mass is 240 g/mol. The van der Waals surface area contributed by atoms with Gasteiger partial charge in [0.2, 0.25) is 11.8 Å². The lowest BCUT2D eigenvalue weighted by molar-refractivity contribution is -0.130. The molecule has 0 aromatic carbocycles. The Kier molecular flexibility index (Phi) is 5.69. The Morgan fingerprint density at radius 2 is 2.35 bits per heavy atom. The molecule has 2 amide bonds. The number of primary amides is 1. The molecule has 5 nitrogen and oxygen atoms in total. The van der Waals surface area contributed by atoms with Crippen LogP contribution in [0.2, 0.25) is 0 Å². The fourth-order valence-electron chi connectivity index (χ4n) is 1.78. The maximum absolute atomic E-state index is 11.8. The minimum absolute atomic E-state index is 0.134. The molecule has 1 heterocycles. The molecular formula is C12H20N2O3. The Morgan fingerprint density at radius 3 is 2.88 bits per heavy atom. The van der Waals surface area contributed by atoms with Crippen molar-refractivity contribution in [3.8, 4) is 0 Å². The maximum atomic E-state index is 11.8. The molecule has 0 saturated carbocycles. The molecule has 0 aliphatic carbocycles. The van der Waals surface area contributed by atoms with E-state index in [2.05, 4.69) is 11.9 Å². The lowest BCUT2D eigenvalue weighted by atomic mass is 10.1. The minimum Gasteiger partial charge on any atom is -0.381 e. The summed E-state index contributed by atoms with van der Waals surface area (Å²) < 4.78 is 5.13. The first-order valence-electron chi connectivity index (χ1n) is 5.93. The molecule has 3 N–H and O–H groups in total. The van der Waals surface area contributed by atoms with E-state index in [0.29, 0.717) is 26.1 Å². The number of hydrogen-bond donors (Lipinski definition) is 2. The van der Waals surface area contributed by atoms with Crippen LogP contribution >= 0.6 is 0 Å². The Bertz CT molecular complexity index is 285. The van der Waals surface area contributed by atoms with Crippen LogP contribution in [0, 0.1) is 5.92 Å². The van der Waals surface area contributed by atoms with Crippen LogP contribution in [0.1, 0.15) is 25.7 Å². The third kappa shape index (κ3) is 4.56. The predicted molar refractivity (Wildman–Crippen MR) is 64.1 cm³/mol. The van der Waals surface area contributed by atoms with E-state index in [1.807, 2.05) is 0 Å². The number of carbonyl (C=O) groups is 2. The largest absolute Gasteiger partial charge is 0.381 e. The van der Waals surface area contributed by atoms with Crippen LogP contribution in [0.5, 0.6) is 0 Å². The summed E-state index contributed by atoms with van der Waals surface area (Å²) >= 11 is 0. The normalized spacial score (nSPS) is 20.8. The van der Waals surface area contributed by atoms with Crippen molar-refractivity contribution in [1.82, 2.24) is 5.32 Å². The van der Waals surface area contributed by atoms with Crippen LogP contribution in [0.25, 0.3) is 0 Å². The molecule has 0 radical (unpaired) electrons. The molecule has 0 bridgehead atoms. The minimum atomic E-state index is -0.581. The molecule has 0 aromatic rings. The van der Waals surface area contributed by atoms with Crippen molar-refractivity contribution in [2.45, 2.75) is 31.7 Å². The zero-order valence-electron chi connectivity index (χ0n) is 9.98. The van der Waals surface area contributed by atoms with Crippen LogP contribution < -0.4 is 11.1 Å². The van der Waals surface area contributed by atoms with E-state index < -0.39 is 11.9 Å². The van der Waals surface area contributed by atoms with E-state index in [0.717, 1.165) is 12.8 Å². The van der Waals surface area contributed by atoms with Gasteiger partial charge in [0, 0.05) is 6.61 Å². The lowest BCUT2D eigenvalue weighted by Gasteiger charge is -2.17. The van der Waals surface area contributed by atoms with Crippen LogP contribution in [0.3, 0.4) is 0 Å². The molecule has 96 valence electrons. The van der Waals surface area contributed by atoms with Crippen LogP contribution in [-0.2, 0) is 14.3 Å². The average molecular weight is 240 g/mol. The van der Waals surface area contributed by atoms with Crippen molar-refractivity contribution < 1.29 is 14.3 Å². The van der Waals surface area contributed by atoms with Gasteiger partial charge in [-0.1, -0.05) is 6.08 Å². The SMILES string of the molecule is C=CCCC[C@@H](NC(=O)[C@H]1CCOC1)C(N)=O. The van der Waals surface area contributed by atoms with Gasteiger partial charge in [-0.3, -0.25) is 9.59 Å². The van der Waals surface area contributed by atoms with Crippen molar-refractivity contribution in [1.29, 1.82) is 0 Å². The summed E-state index contributed by atoms with van der Waals surface area (Å²) in [5.41, 5.74) is 5.26. The quantitative estimate of drug-likeness (QED) is 0.497. The third-order valence-electron chi connectivity index (χ3n) is 2.86. The van der Waals surface area contributed by atoms with Crippen molar-refractivity contribution in [3.05, 3.63) is 12.7 Å². The molecule has 0 unspecified atom stereocenters. The van der Waals surface area contributed by atoms with Gasteiger partial charge in [-0.25, -0.2) is 0 Å². The number of rotatable bonds is 7. The van der Waals surface area contributed by atoms with Gasteiger partial charge in [0.05, 0.1) is 12.5 Å². The topological polar surface area (TPSA) is 81.4 Å². The first kappa shape index (κ1) is 13.7.